The van der Waals surface area contributed by atoms with Gasteiger partial charge in [-0.15, -0.1) is 0 Å². The largest absolute Gasteiger partial charge is 0.380 e. The van der Waals surface area contributed by atoms with Crippen molar-refractivity contribution in [3.63, 3.8) is 0 Å². The van der Waals surface area contributed by atoms with Crippen LogP contribution in [-0.2, 0) is 4.74 Å². The van der Waals surface area contributed by atoms with Crippen molar-refractivity contribution < 1.29 is 9.53 Å². The second-order valence-corrected chi connectivity index (χ2v) is 2.76. The molecule has 1 saturated heterocycles. The maximum Gasteiger partial charge on any atom is 0.278 e. The first kappa shape index (κ1) is 7.88. The summed E-state index contributed by atoms with van der Waals surface area (Å²) < 4.78 is 5.06. The van der Waals surface area contributed by atoms with E-state index in [1.807, 2.05) is 0 Å². The molecule has 0 aromatic rings. The highest BCUT2D eigenvalue weighted by Gasteiger charge is 2.23. The number of carbonyl (C=O) groups excluding carboxylic acids is 1. The zero-order valence-corrected chi connectivity index (χ0v) is 6.80. The minimum Gasteiger partial charge on any atom is -0.380 e. The topological polar surface area (TPSA) is 29.5 Å². The fourth-order valence-corrected chi connectivity index (χ4v) is 1.28. The summed E-state index contributed by atoms with van der Waals surface area (Å²) in [6.45, 7) is 1.47. The van der Waals surface area contributed by atoms with Crippen molar-refractivity contribution in [1.29, 1.82) is 0 Å². The smallest absolute Gasteiger partial charge is 0.278 e. The Bertz CT molecular complexity index is 140. The monoisotopic (exact) mass is 161 g/mol. The third kappa shape index (κ3) is 1.64. The van der Waals surface area contributed by atoms with Crippen LogP contribution in [0.5, 0.6) is 0 Å². The molecular weight excluding hydrogens is 150 g/mol. The number of likely N-dealkylation sites (tertiary alicyclic amines) is 1. The molecule has 1 amide bonds. The summed E-state index contributed by atoms with van der Waals surface area (Å²) in [5.41, 5.74) is 0. The molecule has 0 N–H and O–H groups in total. The average Bonchev–Trinajstić information content (AvgIpc) is 2.34. The van der Waals surface area contributed by atoms with Crippen molar-refractivity contribution in [3.05, 3.63) is 0 Å². The van der Waals surface area contributed by atoms with E-state index in [0.717, 1.165) is 13.0 Å². The Kier molecular flexibility index (Phi) is 2.56. The van der Waals surface area contributed by atoms with Crippen molar-refractivity contribution >= 4 is 17.9 Å². The Morgan fingerprint density at radius 1 is 1.80 bits per heavy atom. The van der Waals surface area contributed by atoms with Crippen LogP contribution in [0.1, 0.15) is 6.42 Å². The number of hydrogen-bond donors (Lipinski definition) is 1. The van der Waals surface area contributed by atoms with Gasteiger partial charge < -0.3 is 9.64 Å². The van der Waals surface area contributed by atoms with Crippen LogP contribution in [0.2, 0.25) is 0 Å². The van der Waals surface area contributed by atoms with Gasteiger partial charge in [0.15, 0.2) is 0 Å². The summed E-state index contributed by atoms with van der Waals surface area (Å²) in [4.78, 5) is 12.3. The molecule has 0 aliphatic carbocycles. The first-order chi connectivity index (χ1) is 4.74. The zero-order chi connectivity index (χ0) is 7.56. The van der Waals surface area contributed by atoms with Crippen molar-refractivity contribution in [2.24, 2.45) is 0 Å². The average molecular weight is 161 g/mol. The Morgan fingerprint density at radius 2 is 2.50 bits per heavy atom. The fourth-order valence-electron chi connectivity index (χ4n) is 1.09. The number of thiol groups is 1. The number of methoxy groups -OCH3 is 1. The quantitative estimate of drug-likeness (QED) is 0.575. The van der Waals surface area contributed by atoms with E-state index in [4.69, 9.17) is 4.74 Å². The Hall–Kier alpha value is -0.220. The van der Waals surface area contributed by atoms with Crippen molar-refractivity contribution in [2.75, 3.05) is 20.2 Å². The predicted molar refractivity (Wildman–Crippen MR) is 41.4 cm³/mol. The van der Waals surface area contributed by atoms with Crippen LogP contribution in [0.25, 0.3) is 0 Å². The van der Waals surface area contributed by atoms with Crippen LogP contribution in [0, 0.1) is 0 Å². The molecule has 3 nitrogen and oxygen atoms in total. The highest BCUT2D eigenvalue weighted by molar-refractivity contribution is 7.96. The van der Waals surface area contributed by atoms with Crippen LogP contribution in [-0.4, -0.2) is 36.4 Å². The molecule has 10 heavy (non-hydrogen) atoms. The van der Waals surface area contributed by atoms with E-state index < -0.39 is 0 Å². The summed E-state index contributed by atoms with van der Waals surface area (Å²) >= 11 is 3.70. The summed E-state index contributed by atoms with van der Waals surface area (Å²) in [5.74, 6) is 0. The van der Waals surface area contributed by atoms with E-state index in [9.17, 15) is 4.79 Å². The van der Waals surface area contributed by atoms with Gasteiger partial charge in [-0.2, -0.15) is 0 Å². The number of hydrogen-bond acceptors (Lipinski definition) is 2. The number of ether oxygens (including phenoxy) is 1. The molecule has 4 heteroatoms. The highest BCUT2D eigenvalue weighted by Crippen LogP contribution is 2.12. The van der Waals surface area contributed by atoms with E-state index in [1.54, 1.807) is 12.0 Å². The normalized spacial score (nSPS) is 25.4. The van der Waals surface area contributed by atoms with Crippen molar-refractivity contribution in [3.8, 4) is 0 Å². The number of rotatable bonds is 1. The molecule has 1 aliphatic rings. The number of amides is 1. The third-order valence-electron chi connectivity index (χ3n) is 1.75. The van der Waals surface area contributed by atoms with E-state index >= 15 is 0 Å². The molecule has 1 heterocycles. The summed E-state index contributed by atoms with van der Waals surface area (Å²) in [5, 5.41) is -0.153. The van der Waals surface area contributed by atoms with Crippen LogP contribution >= 0.6 is 12.6 Å². The maximum absolute atomic E-state index is 10.6. The molecule has 0 bridgehead atoms. The lowest BCUT2D eigenvalue weighted by Crippen LogP contribution is -2.24. The standard InChI is InChI=1S/C6H11NO2S/c1-9-5-2-3-7(4-5)6(8)10/h5H,2-4H2,1H3,(H,8,10). The SMILES string of the molecule is COC1CCN(C(=O)S)C1. The minimum atomic E-state index is -0.153. The molecule has 1 fully saturated rings. The third-order valence-corrected chi connectivity index (χ3v) is 2.03. The molecule has 1 unspecified atom stereocenters. The predicted octanol–water partition coefficient (Wildman–Crippen LogP) is 0.757. The van der Waals surface area contributed by atoms with Gasteiger partial charge in [0, 0.05) is 20.2 Å². The molecule has 0 radical (unpaired) electrons. The van der Waals surface area contributed by atoms with Gasteiger partial charge in [0.05, 0.1) is 6.10 Å². The Labute approximate surface area is 65.7 Å². The lowest BCUT2D eigenvalue weighted by atomic mass is 10.3. The number of nitrogens with zero attached hydrogens (tertiary/aromatic N) is 1. The summed E-state index contributed by atoms with van der Waals surface area (Å²) in [7, 11) is 1.66. The van der Waals surface area contributed by atoms with E-state index in [0.29, 0.717) is 6.54 Å². The van der Waals surface area contributed by atoms with E-state index in [2.05, 4.69) is 12.6 Å². The molecule has 1 aliphatic heterocycles. The summed E-state index contributed by atoms with van der Waals surface area (Å²) in [6.07, 6.45) is 1.15. The molecule has 1 atom stereocenters. The molecule has 0 aromatic heterocycles. The van der Waals surface area contributed by atoms with E-state index in [-0.39, 0.29) is 11.3 Å². The first-order valence-electron chi connectivity index (χ1n) is 3.24. The van der Waals surface area contributed by atoms with Gasteiger partial charge in [0.1, 0.15) is 0 Å². The van der Waals surface area contributed by atoms with Crippen LogP contribution in [0.15, 0.2) is 0 Å². The second-order valence-electron chi connectivity index (χ2n) is 2.37. The van der Waals surface area contributed by atoms with Gasteiger partial charge in [-0.25, -0.2) is 0 Å². The van der Waals surface area contributed by atoms with Gasteiger partial charge in [0.25, 0.3) is 5.24 Å². The van der Waals surface area contributed by atoms with Crippen molar-refractivity contribution in [2.45, 2.75) is 12.5 Å². The molecule has 1 rings (SSSR count). The van der Waals surface area contributed by atoms with Gasteiger partial charge >= 0.3 is 0 Å². The Balaban J connectivity index is 2.35. The van der Waals surface area contributed by atoms with Crippen LogP contribution < -0.4 is 0 Å². The molecule has 0 aromatic carbocycles. The van der Waals surface area contributed by atoms with Gasteiger partial charge in [-0.05, 0) is 6.42 Å². The Morgan fingerprint density at radius 3 is 2.80 bits per heavy atom. The highest BCUT2D eigenvalue weighted by atomic mass is 32.1. The van der Waals surface area contributed by atoms with Crippen LogP contribution in [0.4, 0.5) is 4.79 Å². The lowest BCUT2D eigenvalue weighted by molar-refractivity contribution is 0.112. The first-order valence-corrected chi connectivity index (χ1v) is 3.69. The van der Waals surface area contributed by atoms with Crippen LogP contribution in [0.3, 0.4) is 0 Å². The van der Waals surface area contributed by atoms with Gasteiger partial charge in [-0.1, -0.05) is 12.6 Å². The molecular formula is C6H11NO2S. The fraction of sp³-hybridized carbons (Fsp3) is 0.833. The van der Waals surface area contributed by atoms with Crippen molar-refractivity contribution in [1.82, 2.24) is 4.90 Å². The number of carbonyl (C=O) groups is 1. The minimum absolute atomic E-state index is 0.153. The van der Waals surface area contributed by atoms with Gasteiger partial charge in [0.2, 0.25) is 0 Å². The lowest BCUT2D eigenvalue weighted by Gasteiger charge is -2.11. The van der Waals surface area contributed by atoms with Gasteiger partial charge in [-0.3, -0.25) is 4.79 Å². The van der Waals surface area contributed by atoms with E-state index in [1.165, 1.54) is 0 Å². The zero-order valence-electron chi connectivity index (χ0n) is 5.91. The molecule has 0 saturated carbocycles. The maximum atomic E-state index is 10.6. The summed E-state index contributed by atoms with van der Waals surface area (Å²) in [6, 6.07) is 0. The molecule has 58 valence electrons. The molecule has 0 spiro atoms. The second kappa shape index (κ2) is 3.25.